The molecule has 96 valence electrons. The molecule has 19 heavy (non-hydrogen) atoms. The summed E-state index contributed by atoms with van der Waals surface area (Å²) in [4.78, 5) is 13.2. The molecule has 2 aromatic carbocycles. The van der Waals surface area contributed by atoms with Gasteiger partial charge in [0.25, 0.3) is 5.91 Å². The first-order chi connectivity index (χ1) is 9.28. The van der Waals surface area contributed by atoms with Gasteiger partial charge in [0, 0.05) is 10.5 Å². The van der Waals surface area contributed by atoms with Crippen LogP contribution in [-0.4, -0.2) is 12.2 Å². The van der Waals surface area contributed by atoms with Gasteiger partial charge in [0.05, 0.1) is 5.56 Å². The van der Waals surface area contributed by atoms with Gasteiger partial charge < -0.3 is 10.1 Å². The second-order valence-corrected chi connectivity index (χ2v) is 5.12. The van der Waals surface area contributed by atoms with Gasteiger partial charge in [0.2, 0.25) is 0 Å². The molecule has 4 heteroatoms. The van der Waals surface area contributed by atoms with Crippen molar-refractivity contribution in [1.29, 1.82) is 0 Å². The van der Waals surface area contributed by atoms with Gasteiger partial charge in [0.15, 0.2) is 6.23 Å². The summed E-state index contributed by atoms with van der Waals surface area (Å²) in [6.07, 6.45) is 1.61. The van der Waals surface area contributed by atoms with Crippen molar-refractivity contribution >= 4 is 17.7 Å². The van der Waals surface area contributed by atoms with E-state index in [1.807, 2.05) is 48.7 Å². The number of fused-ring (bicyclic) bond motifs is 1. The van der Waals surface area contributed by atoms with E-state index < -0.39 is 6.23 Å². The monoisotopic (exact) mass is 271 g/mol. The van der Waals surface area contributed by atoms with Gasteiger partial charge in [-0.2, -0.15) is 0 Å². The molecule has 1 heterocycles. The van der Waals surface area contributed by atoms with Crippen LogP contribution in [0.5, 0.6) is 5.75 Å². The van der Waals surface area contributed by atoms with Crippen LogP contribution in [0.15, 0.2) is 53.4 Å². The van der Waals surface area contributed by atoms with Crippen molar-refractivity contribution in [3.05, 3.63) is 59.7 Å². The number of ether oxygens (including phenoxy) is 1. The zero-order chi connectivity index (χ0) is 13.2. The maximum Gasteiger partial charge on any atom is 0.258 e. The number of hydrogen-bond acceptors (Lipinski definition) is 3. The third-order valence-electron chi connectivity index (χ3n) is 3.06. The van der Waals surface area contributed by atoms with Crippen LogP contribution in [0.3, 0.4) is 0 Å². The Hall–Kier alpha value is -1.94. The Labute approximate surface area is 116 Å². The predicted molar refractivity (Wildman–Crippen MR) is 75.5 cm³/mol. The van der Waals surface area contributed by atoms with E-state index in [2.05, 4.69) is 5.32 Å². The van der Waals surface area contributed by atoms with Crippen molar-refractivity contribution in [2.75, 3.05) is 6.26 Å². The quantitative estimate of drug-likeness (QED) is 0.852. The van der Waals surface area contributed by atoms with E-state index in [0.29, 0.717) is 11.3 Å². The molecule has 3 nitrogen and oxygen atoms in total. The molecule has 0 aliphatic carbocycles. The van der Waals surface area contributed by atoms with Crippen LogP contribution in [0.25, 0.3) is 0 Å². The molecule has 0 unspecified atom stereocenters. The first-order valence-electron chi connectivity index (χ1n) is 5.98. The van der Waals surface area contributed by atoms with E-state index in [4.69, 9.17) is 4.74 Å². The van der Waals surface area contributed by atoms with Crippen molar-refractivity contribution in [3.63, 3.8) is 0 Å². The summed E-state index contributed by atoms with van der Waals surface area (Å²) in [5, 5.41) is 2.86. The molecule has 1 amide bonds. The summed E-state index contributed by atoms with van der Waals surface area (Å²) < 4.78 is 5.82. The van der Waals surface area contributed by atoms with Gasteiger partial charge in [-0.25, -0.2) is 0 Å². The molecule has 0 fully saturated rings. The summed E-state index contributed by atoms with van der Waals surface area (Å²) in [7, 11) is 0. The first kappa shape index (κ1) is 12.1. The van der Waals surface area contributed by atoms with Crippen molar-refractivity contribution < 1.29 is 9.53 Å². The fourth-order valence-electron chi connectivity index (χ4n) is 2.04. The maximum atomic E-state index is 12.0. The Kier molecular flexibility index (Phi) is 3.17. The molecular formula is C15H13NO2S. The van der Waals surface area contributed by atoms with Crippen LogP contribution in [0.1, 0.15) is 22.1 Å². The van der Waals surface area contributed by atoms with Crippen molar-refractivity contribution in [1.82, 2.24) is 5.32 Å². The summed E-state index contributed by atoms with van der Waals surface area (Å²) in [6.45, 7) is 0. The molecule has 1 N–H and O–H groups in total. The van der Waals surface area contributed by atoms with Gasteiger partial charge in [-0.05, 0) is 30.5 Å². The first-order valence-corrected chi connectivity index (χ1v) is 7.21. The van der Waals surface area contributed by atoms with Gasteiger partial charge in [-0.3, -0.25) is 4.79 Å². The number of rotatable bonds is 2. The smallest absolute Gasteiger partial charge is 0.258 e. The van der Waals surface area contributed by atoms with E-state index in [1.165, 1.54) is 4.90 Å². The van der Waals surface area contributed by atoms with E-state index >= 15 is 0 Å². The minimum absolute atomic E-state index is 0.0965. The number of amides is 1. The SMILES string of the molecule is CSc1ccc([C@H]2NC(=O)c3ccccc3O2)cc1. The van der Waals surface area contributed by atoms with E-state index in [9.17, 15) is 4.79 Å². The molecular weight excluding hydrogens is 258 g/mol. The minimum atomic E-state index is -0.418. The van der Waals surface area contributed by atoms with Crippen LogP contribution in [-0.2, 0) is 0 Å². The van der Waals surface area contributed by atoms with Crippen molar-refractivity contribution in [3.8, 4) is 5.75 Å². The fraction of sp³-hybridized carbons (Fsp3) is 0.133. The standard InChI is InChI=1S/C15H13NO2S/c1-19-11-8-6-10(7-9-11)15-16-14(17)12-4-2-3-5-13(12)18-15/h2-9,15H,1H3,(H,16,17)/t15-/m0/s1. The predicted octanol–water partition coefficient (Wildman–Crippen LogP) is 3.23. The number of benzene rings is 2. The third kappa shape index (κ3) is 2.31. The highest BCUT2D eigenvalue weighted by molar-refractivity contribution is 7.98. The fourth-order valence-corrected chi connectivity index (χ4v) is 2.45. The molecule has 0 radical (unpaired) electrons. The molecule has 0 spiro atoms. The molecule has 2 aromatic rings. The second-order valence-electron chi connectivity index (χ2n) is 4.24. The molecule has 3 rings (SSSR count). The van der Waals surface area contributed by atoms with Crippen molar-refractivity contribution in [2.24, 2.45) is 0 Å². The largest absolute Gasteiger partial charge is 0.466 e. The third-order valence-corrected chi connectivity index (χ3v) is 3.80. The van der Waals surface area contributed by atoms with Crippen LogP contribution >= 0.6 is 11.8 Å². The van der Waals surface area contributed by atoms with Crippen LogP contribution < -0.4 is 10.1 Å². The molecule has 1 aliphatic rings. The number of carbonyl (C=O) groups excluding carboxylic acids is 1. The number of nitrogens with one attached hydrogen (secondary N) is 1. The molecule has 0 saturated heterocycles. The second kappa shape index (κ2) is 4.97. The highest BCUT2D eigenvalue weighted by Crippen LogP contribution is 2.29. The van der Waals surface area contributed by atoms with Crippen LogP contribution in [0, 0.1) is 0 Å². The lowest BCUT2D eigenvalue weighted by atomic mass is 10.1. The summed E-state index contributed by atoms with van der Waals surface area (Å²) in [5.41, 5.74) is 1.53. The summed E-state index contributed by atoms with van der Waals surface area (Å²) >= 11 is 1.69. The van der Waals surface area contributed by atoms with Crippen LogP contribution in [0.4, 0.5) is 0 Å². The maximum absolute atomic E-state index is 12.0. The Balaban J connectivity index is 1.90. The van der Waals surface area contributed by atoms with E-state index in [0.717, 1.165) is 5.56 Å². The van der Waals surface area contributed by atoms with Gasteiger partial charge >= 0.3 is 0 Å². The zero-order valence-electron chi connectivity index (χ0n) is 10.4. The average Bonchev–Trinajstić information content (AvgIpc) is 2.47. The summed E-state index contributed by atoms with van der Waals surface area (Å²) in [6, 6.07) is 15.3. The topological polar surface area (TPSA) is 38.3 Å². The van der Waals surface area contributed by atoms with E-state index in [1.54, 1.807) is 17.8 Å². The molecule has 0 saturated carbocycles. The average molecular weight is 271 g/mol. The number of hydrogen-bond donors (Lipinski definition) is 1. The Bertz CT molecular complexity index is 610. The van der Waals surface area contributed by atoms with Gasteiger partial charge in [-0.1, -0.05) is 24.3 Å². The van der Waals surface area contributed by atoms with Gasteiger partial charge in [-0.15, -0.1) is 11.8 Å². The highest BCUT2D eigenvalue weighted by Gasteiger charge is 2.25. The molecule has 1 atom stereocenters. The van der Waals surface area contributed by atoms with Crippen LogP contribution in [0.2, 0.25) is 0 Å². The molecule has 1 aliphatic heterocycles. The molecule has 0 bridgehead atoms. The Morgan fingerprint density at radius 1 is 1.11 bits per heavy atom. The van der Waals surface area contributed by atoms with Crippen molar-refractivity contribution in [2.45, 2.75) is 11.1 Å². The minimum Gasteiger partial charge on any atom is -0.466 e. The Morgan fingerprint density at radius 2 is 1.84 bits per heavy atom. The lowest BCUT2D eigenvalue weighted by molar-refractivity contribution is 0.0756. The lowest BCUT2D eigenvalue weighted by Gasteiger charge is -2.27. The zero-order valence-corrected chi connectivity index (χ0v) is 11.2. The lowest BCUT2D eigenvalue weighted by Crippen LogP contribution is -2.36. The number of para-hydroxylation sites is 1. The summed E-state index contributed by atoms with van der Waals surface area (Å²) in [5.74, 6) is 0.533. The number of thioether (sulfide) groups is 1. The Morgan fingerprint density at radius 3 is 2.58 bits per heavy atom. The van der Waals surface area contributed by atoms with Gasteiger partial charge in [0.1, 0.15) is 5.75 Å². The van der Waals surface area contributed by atoms with E-state index in [-0.39, 0.29) is 5.91 Å². The number of carbonyl (C=O) groups is 1. The highest BCUT2D eigenvalue weighted by atomic mass is 32.2. The molecule has 0 aromatic heterocycles. The normalized spacial score (nSPS) is 17.3.